The molecule has 0 aliphatic carbocycles. The van der Waals surface area contributed by atoms with E-state index in [1.54, 1.807) is 0 Å². The molecule has 0 atom stereocenters. The Bertz CT molecular complexity index is 620. The number of aromatic nitrogens is 1. The molecule has 2 rings (SSSR count). The van der Waals surface area contributed by atoms with E-state index in [2.05, 4.69) is 38.3 Å². The van der Waals surface area contributed by atoms with E-state index in [1.165, 1.54) is 12.1 Å². The number of benzene rings is 1. The third-order valence-corrected chi connectivity index (χ3v) is 3.15. The van der Waals surface area contributed by atoms with Crippen LogP contribution in [0.5, 0.6) is 0 Å². The minimum atomic E-state index is -0.275. The summed E-state index contributed by atoms with van der Waals surface area (Å²) < 4.78 is 1.03. The normalized spacial score (nSPS) is 10.1. The average molecular weight is 389 g/mol. The highest BCUT2D eigenvalue weighted by Crippen LogP contribution is 2.17. The van der Waals surface area contributed by atoms with Gasteiger partial charge in [0.1, 0.15) is 11.0 Å². The van der Waals surface area contributed by atoms with Crippen LogP contribution in [0.4, 0.5) is 11.5 Å². The summed E-state index contributed by atoms with van der Waals surface area (Å²) in [6.07, 6.45) is 0. The van der Waals surface area contributed by atoms with Gasteiger partial charge in [0.25, 0.3) is 5.91 Å². The van der Waals surface area contributed by atoms with Crippen LogP contribution < -0.4 is 16.6 Å². The Labute approximate surface area is 128 Å². The molecule has 0 unspecified atom stereocenters. The summed E-state index contributed by atoms with van der Waals surface area (Å²) in [6, 6.07) is 10.5. The van der Waals surface area contributed by atoms with Gasteiger partial charge in [-0.05, 0) is 52.9 Å². The molecule has 4 N–H and O–H groups in total. The van der Waals surface area contributed by atoms with Crippen LogP contribution in [0.1, 0.15) is 10.4 Å². The maximum absolute atomic E-state index is 12.1. The zero-order valence-electron chi connectivity index (χ0n) is 9.65. The second kappa shape index (κ2) is 6.18. The number of hydrazine groups is 1. The van der Waals surface area contributed by atoms with Crippen LogP contribution in [-0.4, -0.2) is 10.9 Å². The molecular weight excluding hydrogens is 379 g/mol. The van der Waals surface area contributed by atoms with Crippen molar-refractivity contribution in [2.75, 3.05) is 10.7 Å². The molecule has 1 heterocycles. The van der Waals surface area contributed by atoms with Gasteiger partial charge in [-0.3, -0.25) is 4.79 Å². The van der Waals surface area contributed by atoms with Gasteiger partial charge in [0.05, 0.1) is 0 Å². The quantitative estimate of drug-likeness (QED) is 0.327. The molecule has 1 aromatic carbocycles. The van der Waals surface area contributed by atoms with Crippen molar-refractivity contribution in [2.45, 2.75) is 0 Å². The van der Waals surface area contributed by atoms with Crippen molar-refractivity contribution in [3.05, 3.63) is 50.7 Å². The lowest BCUT2D eigenvalue weighted by Gasteiger charge is -2.07. The summed E-state index contributed by atoms with van der Waals surface area (Å²) in [5.74, 6) is 5.31. The molecule has 19 heavy (non-hydrogen) atoms. The number of pyridine rings is 1. The molecule has 0 fully saturated rings. The molecule has 0 aliphatic heterocycles. The number of hydrogen-bond acceptors (Lipinski definition) is 4. The average Bonchev–Trinajstić information content (AvgIpc) is 2.38. The number of halogens is 2. The fraction of sp³-hybridized carbons (Fsp3) is 0. The summed E-state index contributed by atoms with van der Waals surface area (Å²) in [5, 5.41) is 2.98. The third kappa shape index (κ3) is 3.79. The number of nitrogens with one attached hydrogen (secondary N) is 2. The predicted molar refractivity (Wildman–Crippen MR) is 84.2 cm³/mol. The minimum absolute atomic E-state index is 0.197. The van der Waals surface area contributed by atoms with Gasteiger partial charge in [-0.25, -0.2) is 10.8 Å². The summed E-state index contributed by atoms with van der Waals surface area (Å²) in [7, 11) is 0. The Morgan fingerprint density at radius 3 is 2.79 bits per heavy atom. The lowest BCUT2D eigenvalue weighted by molar-refractivity contribution is 0.102. The SMILES string of the molecule is NNc1cc(C(=O)Nc2cccc(I)c2)cc(Cl)n1. The van der Waals surface area contributed by atoms with Crippen LogP contribution >= 0.6 is 34.2 Å². The molecule has 98 valence electrons. The first-order chi connectivity index (χ1) is 9.08. The Kier molecular flexibility index (Phi) is 4.56. The number of anilines is 2. The maximum atomic E-state index is 12.1. The van der Waals surface area contributed by atoms with Crippen molar-refractivity contribution in [3.63, 3.8) is 0 Å². The van der Waals surface area contributed by atoms with Gasteiger partial charge >= 0.3 is 0 Å². The summed E-state index contributed by atoms with van der Waals surface area (Å²) in [5.41, 5.74) is 3.46. The molecule has 2 aromatic rings. The van der Waals surface area contributed by atoms with Gasteiger partial charge in [-0.2, -0.15) is 0 Å². The molecule has 0 saturated carbocycles. The van der Waals surface area contributed by atoms with Crippen LogP contribution in [0.25, 0.3) is 0 Å². The molecule has 1 amide bonds. The number of nitrogen functional groups attached to an aromatic ring is 1. The highest BCUT2D eigenvalue weighted by molar-refractivity contribution is 14.1. The number of rotatable bonds is 3. The van der Waals surface area contributed by atoms with E-state index < -0.39 is 0 Å². The molecule has 0 saturated heterocycles. The largest absolute Gasteiger partial charge is 0.322 e. The van der Waals surface area contributed by atoms with Gasteiger partial charge in [0.2, 0.25) is 0 Å². The van der Waals surface area contributed by atoms with E-state index >= 15 is 0 Å². The summed E-state index contributed by atoms with van der Waals surface area (Å²) in [4.78, 5) is 16.0. The number of carbonyl (C=O) groups is 1. The second-order valence-corrected chi connectivity index (χ2v) is 5.31. The van der Waals surface area contributed by atoms with E-state index in [4.69, 9.17) is 17.4 Å². The first-order valence-corrected chi connectivity index (χ1v) is 6.75. The highest BCUT2D eigenvalue weighted by atomic mass is 127. The lowest BCUT2D eigenvalue weighted by Crippen LogP contribution is -2.14. The number of amides is 1. The molecule has 0 radical (unpaired) electrons. The number of hydrogen-bond donors (Lipinski definition) is 3. The molecule has 7 heteroatoms. The summed E-state index contributed by atoms with van der Waals surface area (Å²) >= 11 is 7.99. The standard InChI is InChI=1S/C12H10ClIN4O/c13-10-4-7(5-11(17-10)18-15)12(19)16-9-3-1-2-8(14)6-9/h1-6H,15H2,(H,16,19)(H,17,18). The highest BCUT2D eigenvalue weighted by Gasteiger charge is 2.09. The Morgan fingerprint density at radius 2 is 2.11 bits per heavy atom. The van der Waals surface area contributed by atoms with Crippen LogP contribution in [0.15, 0.2) is 36.4 Å². The lowest BCUT2D eigenvalue weighted by atomic mass is 10.2. The van der Waals surface area contributed by atoms with Crippen LogP contribution in [-0.2, 0) is 0 Å². The first-order valence-electron chi connectivity index (χ1n) is 5.29. The van der Waals surface area contributed by atoms with E-state index in [0.717, 1.165) is 3.57 Å². The fourth-order valence-electron chi connectivity index (χ4n) is 1.47. The van der Waals surface area contributed by atoms with Crippen molar-refractivity contribution in [1.82, 2.24) is 4.98 Å². The van der Waals surface area contributed by atoms with E-state index in [0.29, 0.717) is 17.1 Å². The minimum Gasteiger partial charge on any atom is -0.322 e. The molecule has 1 aromatic heterocycles. The fourth-order valence-corrected chi connectivity index (χ4v) is 2.22. The van der Waals surface area contributed by atoms with Gasteiger partial charge in [0, 0.05) is 14.8 Å². The Balaban J connectivity index is 2.22. The van der Waals surface area contributed by atoms with Crippen LogP contribution in [0, 0.1) is 3.57 Å². The van der Waals surface area contributed by atoms with Crippen molar-refractivity contribution < 1.29 is 4.79 Å². The Hall–Kier alpha value is -1.38. The molecule has 0 spiro atoms. The van der Waals surface area contributed by atoms with Crippen molar-refractivity contribution in [1.29, 1.82) is 0 Å². The zero-order valence-corrected chi connectivity index (χ0v) is 12.6. The Morgan fingerprint density at radius 1 is 1.32 bits per heavy atom. The maximum Gasteiger partial charge on any atom is 0.255 e. The third-order valence-electron chi connectivity index (χ3n) is 2.29. The molecule has 0 bridgehead atoms. The predicted octanol–water partition coefficient (Wildman–Crippen LogP) is 2.88. The van der Waals surface area contributed by atoms with Crippen molar-refractivity contribution in [2.24, 2.45) is 5.84 Å². The van der Waals surface area contributed by atoms with E-state index in [-0.39, 0.29) is 11.1 Å². The second-order valence-electron chi connectivity index (χ2n) is 3.67. The van der Waals surface area contributed by atoms with Crippen molar-refractivity contribution in [3.8, 4) is 0 Å². The number of nitrogens with zero attached hydrogens (tertiary/aromatic N) is 1. The summed E-state index contributed by atoms with van der Waals surface area (Å²) in [6.45, 7) is 0. The number of nitrogens with two attached hydrogens (primary N) is 1. The van der Waals surface area contributed by atoms with Gasteiger partial charge in [-0.15, -0.1) is 0 Å². The van der Waals surface area contributed by atoms with Gasteiger partial charge in [-0.1, -0.05) is 17.7 Å². The smallest absolute Gasteiger partial charge is 0.255 e. The zero-order chi connectivity index (χ0) is 13.8. The monoisotopic (exact) mass is 388 g/mol. The van der Waals surface area contributed by atoms with Gasteiger partial charge < -0.3 is 10.7 Å². The van der Waals surface area contributed by atoms with E-state index in [9.17, 15) is 4.79 Å². The van der Waals surface area contributed by atoms with Crippen LogP contribution in [0.2, 0.25) is 5.15 Å². The molecular formula is C12H10ClIN4O. The van der Waals surface area contributed by atoms with E-state index in [1.807, 2.05) is 24.3 Å². The van der Waals surface area contributed by atoms with Crippen molar-refractivity contribution >= 4 is 51.6 Å². The molecule has 5 nitrogen and oxygen atoms in total. The number of carbonyl (C=O) groups excluding carboxylic acids is 1. The van der Waals surface area contributed by atoms with Gasteiger partial charge in [0.15, 0.2) is 0 Å². The topological polar surface area (TPSA) is 80.0 Å². The van der Waals surface area contributed by atoms with Crippen LogP contribution in [0.3, 0.4) is 0 Å². The molecule has 0 aliphatic rings. The first kappa shape index (κ1) is 14.0.